The van der Waals surface area contributed by atoms with Crippen LogP contribution in [0.25, 0.3) is 0 Å². The number of likely N-dealkylation sites (tertiary alicyclic amines) is 1. The number of hydrogen-bond donors (Lipinski definition) is 2. The molecule has 0 spiro atoms. The summed E-state index contributed by atoms with van der Waals surface area (Å²) in [6, 6.07) is 8.30. The predicted octanol–water partition coefficient (Wildman–Crippen LogP) is 3.27. The van der Waals surface area contributed by atoms with Crippen molar-refractivity contribution in [3.8, 4) is 17.2 Å². The van der Waals surface area contributed by atoms with E-state index in [1.165, 1.54) is 41.5 Å². The van der Waals surface area contributed by atoms with Crippen LogP contribution in [0.3, 0.4) is 0 Å². The minimum Gasteiger partial charge on any atom is -0.493 e. The van der Waals surface area contributed by atoms with Crippen molar-refractivity contribution in [3.63, 3.8) is 0 Å². The van der Waals surface area contributed by atoms with Crippen molar-refractivity contribution in [1.29, 1.82) is 0 Å². The fraction of sp³-hybridized carbons (Fsp3) is 0.400. The van der Waals surface area contributed by atoms with E-state index in [1.54, 1.807) is 23.1 Å². The van der Waals surface area contributed by atoms with Gasteiger partial charge in [-0.15, -0.1) is 11.3 Å². The molecule has 1 aliphatic carbocycles. The summed E-state index contributed by atoms with van der Waals surface area (Å²) >= 11 is 1.45. The molecule has 3 amide bonds. The lowest BCUT2D eigenvalue weighted by Crippen LogP contribution is -2.58. The molecule has 1 aromatic heterocycles. The number of aromatic nitrogens is 1. The van der Waals surface area contributed by atoms with Gasteiger partial charge in [-0.3, -0.25) is 14.4 Å². The number of nitrogens with zero attached hydrogens (tertiary/aromatic N) is 2. The molecule has 12 heteroatoms. The molecular weight excluding hydrogens is 563 g/mol. The summed E-state index contributed by atoms with van der Waals surface area (Å²) < 4.78 is 31.9. The number of rotatable bonds is 2. The molecule has 10 nitrogen and oxygen atoms in total. The topological polar surface area (TPSA) is 119 Å². The number of piperidine rings is 1. The molecule has 220 valence electrons. The molecule has 0 unspecified atom stereocenters. The van der Waals surface area contributed by atoms with Gasteiger partial charge in [-0.1, -0.05) is 0 Å². The molecule has 3 aliphatic rings. The Morgan fingerprint density at radius 3 is 2.86 bits per heavy atom. The van der Waals surface area contributed by atoms with E-state index in [2.05, 4.69) is 15.6 Å². The highest BCUT2D eigenvalue weighted by molar-refractivity contribution is 7.13. The average molecular weight is 595 g/mol. The van der Waals surface area contributed by atoms with Crippen molar-refractivity contribution in [1.82, 2.24) is 20.5 Å². The lowest BCUT2D eigenvalue weighted by atomic mass is 10.0. The molecule has 1 saturated heterocycles. The third-order valence-corrected chi connectivity index (χ3v) is 8.81. The van der Waals surface area contributed by atoms with Gasteiger partial charge in [0.25, 0.3) is 17.7 Å². The largest absolute Gasteiger partial charge is 0.493 e. The number of carbonyl (C=O) groups excluding carboxylic acids is 3. The van der Waals surface area contributed by atoms with Gasteiger partial charge in [0.15, 0.2) is 23.1 Å². The summed E-state index contributed by atoms with van der Waals surface area (Å²) in [6.45, 7) is 0.289. The summed E-state index contributed by atoms with van der Waals surface area (Å²) in [6.07, 6.45) is 3.88. The first kappa shape index (κ1) is 28.0. The molecule has 3 heterocycles. The molecule has 2 aromatic carbocycles. The van der Waals surface area contributed by atoms with Crippen LogP contribution >= 0.6 is 11.3 Å². The second-order valence-electron chi connectivity index (χ2n) is 10.6. The molecule has 2 N–H and O–H groups in total. The Kier molecular flexibility index (Phi) is 7.96. The number of thiazole rings is 1. The smallest absolute Gasteiger partial charge is 0.282 e. The summed E-state index contributed by atoms with van der Waals surface area (Å²) in [4.78, 5) is 46.9. The number of fused-ring (bicyclic) bond motifs is 6. The highest BCUT2D eigenvalue weighted by atomic mass is 32.1. The van der Waals surface area contributed by atoms with Gasteiger partial charge in [0.05, 0.1) is 18.8 Å². The Morgan fingerprint density at radius 2 is 2.02 bits per heavy atom. The van der Waals surface area contributed by atoms with Crippen LogP contribution in [0, 0.1) is 5.82 Å². The van der Waals surface area contributed by atoms with Crippen LogP contribution in [0.1, 0.15) is 55.6 Å². The third kappa shape index (κ3) is 6.03. The molecule has 6 rings (SSSR count). The second kappa shape index (κ2) is 12.0. The monoisotopic (exact) mass is 594 g/mol. The van der Waals surface area contributed by atoms with Gasteiger partial charge >= 0.3 is 0 Å². The van der Waals surface area contributed by atoms with Crippen LogP contribution in [0.2, 0.25) is 0 Å². The Labute approximate surface area is 246 Å². The summed E-state index contributed by atoms with van der Waals surface area (Å²) in [5, 5.41) is 6.19. The molecule has 0 saturated carbocycles. The van der Waals surface area contributed by atoms with Gasteiger partial charge < -0.3 is 29.7 Å². The van der Waals surface area contributed by atoms with E-state index >= 15 is 0 Å². The highest BCUT2D eigenvalue weighted by Crippen LogP contribution is 2.30. The van der Waals surface area contributed by atoms with Crippen LogP contribution < -0.4 is 24.8 Å². The third-order valence-electron chi connectivity index (χ3n) is 7.67. The zero-order valence-electron chi connectivity index (χ0n) is 23.1. The quantitative estimate of drug-likeness (QED) is 0.468. The fourth-order valence-electron chi connectivity index (χ4n) is 5.55. The SMILES string of the molecule is COc1ccc2cc1OCC(=O)N[C@@H]1CN(C(=O)c3nc4c(s3)CCCC4)CC[C@@H]1Oc1cc(F)cc(c1)CNC2=O. The lowest BCUT2D eigenvalue weighted by molar-refractivity contribution is -0.125. The summed E-state index contributed by atoms with van der Waals surface area (Å²) in [7, 11) is 1.46. The van der Waals surface area contributed by atoms with E-state index in [0.29, 0.717) is 29.3 Å². The normalized spacial score (nSPS) is 20.7. The number of methoxy groups -OCH3 is 1. The molecule has 42 heavy (non-hydrogen) atoms. The van der Waals surface area contributed by atoms with Gasteiger partial charge in [-0.25, -0.2) is 9.37 Å². The highest BCUT2D eigenvalue weighted by Gasteiger charge is 2.36. The maximum atomic E-state index is 14.6. The van der Waals surface area contributed by atoms with Gasteiger partial charge in [0, 0.05) is 42.6 Å². The minimum atomic E-state index is -0.596. The molecular formula is C30H31FN4O6S. The minimum absolute atomic E-state index is 0.0695. The van der Waals surface area contributed by atoms with Crippen LogP contribution in [0.4, 0.5) is 4.39 Å². The standard InChI is InChI=1S/C30H31FN4O6S/c1-39-24-7-6-18-12-25(24)40-16-27(36)33-22-15-35(30(38)29-34-21-4-2-3-5-26(21)42-29)9-8-23(22)41-20-11-17(10-19(31)13-20)14-32-28(18)37/h6-7,10-13,22-23H,2-5,8-9,14-16H2,1H3,(H,32,37)(H,33,36)/t22-,23+/m1/s1. The number of ether oxygens (including phenoxy) is 3. The molecule has 2 atom stereocenters. The number of benzene rings is 2. The molecule has 1 fully saturated rings. The van der Waals surface area contributed by atoms with Crippen molar-refractivity contribution >= 4 is 29.1 Å². The summed E-state index contributed by atoms with van der Waals surface area (Å²) in [5.41, 5.74) is 1.81. The van der Waals surface area contributed by atoms with Crippen molar-refractivity contribution in [3.05, 3.63) is 68.9 Å². The van der Waals surface area contributed by atoms with Crippen LogP contribution in [0.15, 0.2) is 36.4 Å². The first-order valence-corrected chi connectivity index (χ1v) is 14.8. The van der Waals surface area contributed by atoms with Gasteiger partial charge in [0.1, 0.15) is 17.7 Å². The van der Waals surface area contributed by atoms with Crippen LogP contribution in [-0.4, -0.2) is 66.6 Å². The first-order valence-electron chi connectivity index (χ1n) is 14.0. The van der Waals surface area contributed by atoms with Gasteiger partial charge in [-0.05, 0) is 61.6 Å². The van der Waals surface area contributed by atoms with E-state index in [-0.39, 0.29) is 42.7 Å². The number of aryl methyl sites for hydroxylation is 2. The Bertz CT molecular complexity index is 1500. The molecule has 0 radical (unpaired) electrons. The zero-order chi connectivity index (χ0) is 29.2. The van der Waals surface area contributed by atoms with E-state index in [0.717, 1.165) is 31.4 Å². The number of nitrogens with one attached hydrogen (secondary N) is 2. The average Bonchev–Trinajstić information content (AvgIpc) is 3.43. The van der Waals surface area contributed by atoms with E-state index in [1.807, 2.05) is 0 Å². The van der Waals surface area contributed by atoms with Crippen molar-refractivity contribution in [2.75, 3.05) is 26.8 Å². The van der Waals surface area contributed by atoms with Crippen LogP contribution in [0.5, 0.6) is 17.2 Å². The van der Waals surface area contributed by atoms with Crippen molar-refractivity contribution < 1.29 is 33.0 Å². The number of carbonyl (C=O) groups is 3. The van der Waals surface area contributed by atoms with Crippen molar-refractivity contribution in [2.24, 2.45) is 0 Å². The van der Waals surface area contributed by atoms with Crippen LogP contribution in [-0.2, 0) is 24.2 Å². The number of hydrogen-bond acceptors (Lipinski definition) is 8. The predicted molar refractivity (Wildman–Crippen MR) is 152 cm³/mol. The van der Waals surface area contributed by atoms with Gasteiger partial charge in [-0.2, -0.15) is 0 Å². The maximum Gasteiger partial charge on any atom is 0.282 e. The van der Waals surface area contributed by atoms with E-state index in [9.17, 15) is 18.8 Å². The molecule has 2 aliphatic heterocycles. The molecule has 4 bridgehead atoms. The first-order chi connectivity index (χ1) is 20.4. The second-order valence-corrected chi connectivity index (χ2v) is 11.7. The van der Waals surface area contributed by atoms with Crippen molar-refractivity contribution in [2.45, 2.75) is 50.8 Å². The molecule has 3 aromatic rings. The van der Waals surface area contributed by atoms with E-state index < -0.39 is 29.8 Å². The Balaban J connectivity index is 1.27. The summed E-state index contributed by atoms with van der Waals surface area (Å²) in [5.74, 6) is -0.681. The Hall–Kier alpha value is -4.19. The number of amides is 3. The van der Waals surface area contributed by atoms with E-state index in [4.69, 9.17) is 14.2 Å². The maximum absolute atomic E-state index is 14.6. The van der Waals surface area contributed by atoms with Gasteiger partial charge in [0.2, 0.25) is 0 Å². The zero-order valence-corrected chi connectivity index (χ0v) is 23.9. The fourth-order valence-corrected chi connectivity index (χ4v) is 6.66. The number of halogens is 1. The Morgan fingerprint density at radius 1 is 1.17 bits per heavy atom. The lowest BCUT2D eigenvalue weighted by Gasteiger charge is -2.38.